The summed E-state index contributed by atoms with van der Waals surface area (Å²) in [5.41, 5.74) is -2.17. The van der Waals surface area contributed by atoms with E-state index in [2.05, 4.69) is 25.8 Å². The molecule has 0 aliphatic heterocycles. The van der Waals surface area contributed by atoms with Crippen molar-refractivity contribution < 1.29 is 31.1 Å². The fraction of sp³-hybridized carbons (Fsp3) is 0.150. The molecule has 2 heterocycles. The number of carbonyl (C=O) groups excluding carboxylic acids is 1. The Morgan fingerprint density at radius 3 is 2.32 bits per heavy atom. The number of carbonyl (C=O) groups is 1. The summed E-state index contributed by atoms with van der Waals surface area (Å²) in [7, 11) is 0. The topological polar surface area (TPSA) is 85.6 Å². The van der Waals surface area contributed by atoms with Gasteiger partial charge in [0.05, 0.1) is 16.8 Å². The van der Waals surface area contributed by atoms with Gasteiger partial charge in [-0.15, -0.1) is 16.4 Å². The average molecular weight is 498 g/mol. The second-order valence-corrected chi connectivity index (χ2v) is 8.10. The molecule has 0 aliphatic rings. The summed E-state index contributed by atoms with van der Waals surface area (Å²) in [6, 6.07) is 7.77. The highest BCUT2D eigenvalue weighted by molar-refractivity contribution is 7.15. The molecule has 2 aromatic heterocycles. The van der Waals surface area contributed by atoms with Crippen LogP contribution in [-0.2, 0) is 18.8 Å². The van der Waals surface area contributed by atoms with Crippen molar-refractivity contribution in [3.8, 4) is 5.69 Å². The van der Waals surface area contributed by atoms with Crippen molar-refractivity contribution in [1.82, 2.24) is 25.2 Å². The van der Waals surface area contributed by atoms with Gasteiger partial charge in [0.2, 0.25) is 0 Å². The monoisotopic (exact) mass is 498 g/mol. The molecule has 0 bridgehead atoms. The van der Waals surface area contributed by atoms with E-state index in [0.717, 1.165) is 11.3 Å². The lowest BCUT2D eigenvalue weighted by atomic mass is 10.0. The standard InChI is InChI=1S/C20H12F6N6OS/c21-19(22,23)13-4-11(5-14(8-13)20(24,25)26)6-16-9-27-18(34-16)29-17(33)12-2-1-3-15(7-12)32-10-28-30-31-32/h1-5,7-10H,6H2,(H,27,29,33). The molecule has 0 spiro atoms. The van der Waals surface area contributed by atoms with Crippen LogP contribution in [0.1, 0.15) is 31.9 Å². The Hall–Kier alpha value is -3.81. The summed E-state index contributed by atoms with van der Waals surface area (Å²) >= 11 is 0.936. The van der Waals surface area contributed by atoms with Gasteiger partial charge in [-0.2, -0.15) is 26.3 Å². The molecule has 2 aromatic carbocycles. The molecule has 4 aromatic rings. The highest BCUT2D eigenvalue weighted by atomic mass is 32.1. The van der Waals surface area contributed by atoms with E-state index in [-0.39, 0.29) is 28.7 Å². The van der Waals surface area contributed by atoms with Crippen molar-refractivity contribution in [2.75, 3.05) is 5.32 Å². The van der Waals surface area contributed by atoms with Crippen molar-refractivity contribution in [1.29, 1.82) is 0 Å². The Bertz CT molecular complexity index is 1280. The molecule has 0 radical (unpaired) electrons. The highest BCUT2D eigenvalue weighted by Crippen LogP contribution is 2.37. The summed E-state index contributed by atoms with van der Waals surface area (Å²) in [6.07, 6.45) is -7.46. The lowest BCUT2D eigenvalue weighted by molar-refractivity contribution is -0.143. The molecule has 0 aliphatic carbocycles. The van der Waals surface area contributed by atoms with Gasteiger partial charge in [-0.1, -0.05) is 6.07 Å². The lowest BCUT2D eigenvalue weighted by Gasteiger charge is -2.13. The van der Waals surface area contributed by atoms with Crippen LogP contribution in [0.2, 0.25) is 0 Å². The Balaban J connectivity index is 1.51. The predicted octanol–water partition coefficient (Wildman–Crippen LogP) is 5.00. The SMILES string of the molecule is O=C(Nc1ncc(Cc2cc(C(F)(F)F)cc(C(F)(F)F)c2)s1)c1cccc(-n2cnnn2)c1. The number of rotatable bonds is 5. The van der Waals surface area contributed by atoms with Crippen LogP contribution >= 0.6 is 11.3 Å². The first kappa shape index (κ1) is 23.4. The Labute approximate surface area is 191 Å². The summed E-state index contributed by atoms with van der Waals surface area (Å²) in [5.74, 6) is -0.519. The molecule has 0 saturated carbocycles. The molecular weight excluding hydrogens is 486 g/mol. The maximum Gasteiger partial charge on any atom is 0.416 e. The maximum atomic E-state index is 13.1. The van der Waals surface area contributed by atoms with Crippen LogP contribution in [0.25, 0.3) is 5.69 Å². The number of anilines is 1. The van der Waals surface area contributed by atoms with Gasteiger partial charge in [-0.3, -0.25) is 10.1 Å². The third-order valence-corrected chi connectivity index (χ3v) is 5.43. The van der Waals surface area contributed by atoms with Crippen molar-refractivity contribution in [3.05, 3.63) is 82.1 Å². The minimum Gasteiger partial charge on any atom is -0.298 e. The molecule has 176 valence electrons. The average Bonchev–Trinajstić information content (AvgIpc) is 3.45. The van der Waals surface area contributed by atoms with E-state index in [0.29, 0.717) is 22.7 Å². The molecule has 4 rings (SSSR count). The van der Waals surface area contributed by atoms with E-state index in [9.17, 15) is 31.1 Å². The van der Waals surface area contributed by atoms with E-state index in [1.54, 1.807) is 18.2 Å². The maximum absolute atomic E-state index is 13.1. The number of nitrogens with one attached hydrogen (secondary N) is 1. The summed E-state index contributed by atoms with van der Waals surface area (Å²) in [6.45, 7) is 0. The van der Waals surface area contributed by atoms with E-state index >= 15 is 0 Å². The minimum atomic E-state index is -4.93. The van der Waals surface area contributed by atoms with Crippen molar-refractivity contribution >= 4 is 22.4 Å². The third-order valence-electron chi connectivity index (χ3n) is 4.52. The van der Waals surface area contributed by atoms with E-state index in [1.807, 2.05) is 0 Å². The van der Waals surface area contributed by atoms with Crippen LogP contribution in [0, 0.1) is 0 Å². The lowest BCUT2D eigenvalue weighted by Crippen LogP contribution is -2.12. The molecular formula is C20H12F6N6OS. The zero-order chi connectivity index (χ0) is 24.5. The third kappa shape index (κ3) is 5.39. The molecule has 0 atom stereocenters. The van der Waals surface area contributed by atoms with Crippen LogP contribution in [0.3, 0.4) is 0 Å². The first-order valence-electron chi connectivity index (χ1n) is 9.37. The van der Waals surface area contributed by atoms with E-state index in [4.69, 9.17) is 0 Å². The van der Waals surface area contributed by atoms with Crippen LogP contribution in [-0.4, -0.2) is 31.1 Å². The van der Waals surface area contributed by atoms with Crippen LogP contribution in [0.15, 0.2) is 55.0 Å². The number of tetrazole rings is 1. The molecule has 1 amide bonds. The Morgan fingerprint density at radius 2 is 1.71 bits per heavy atom. The quantitative estimate of drug-likeness (QED) is 0.392. The fourth-order valence-electron chi connectivity index (χ4n) is 3.01. The number of aromatic nitrogens is 5. The molecule has 7 nitrogen and oxygen atoms in total. The number of hydrogen-bond acceptors (Lipinski definition) is 6. The normalized spacial score (nSPS) is 12.1. The van der Waals surface area contributed by atoms with Gasteiger partial charge in [0.1, 0.15) is 6.33 Å². The number of alkyl halides is 6. The van der Waals surface area contributed by atoms with Crippen LogP contribution in [0.5, 0.6) is 0 Å². The fourth-order valence-corrected chi connectivity index (χ4v) is 3.85. The first-order valence-corrected chi connectivity index (χ1v) is 10.2. The molecule has 0 saturated heterocycles. The summed E-state index contributed by atoms with van der Waals surface area (Å²) in [4.78, 5) is 16.9. The van der Waals surface area contributed by atoms with Crippen molar-refractivity contribution in [2.24, 2.45) is 0 Å². The van der Waals surface area contributed by atoms with Crippen LogP contribution in [0.4, 0.5) is 31.5 Å². The van der Waals surface area contributed by atoms with Crippen LogP contribution < -0.4 is 5.32 Å². The minimum absolute atomic E-state index is 0.0747. The molecule has 34 heavy (non-hydrogen) atoms. The second-order valence-electron chi connectivity index (χ2n) is 6.98. The zero-order valence-corrected chi connectivity index (χ0v) is 17.5. The molecule has 1 N–H and O–H groups in total. The molecule has 0 unspecified atom stereocenters. The van der Waals surface area contributed by atoms with Gasteiger partial charge >= 0.3 is 12.4 Å². The van der Waals surface area contributed by atoms with E-state index < -0.39 is 29.4 Å². The number of nitrogens with zero attached hydrogens (tertiary/aromatic N) is 5. The number of hydrogen-bond donors (Lipinski definition) is 1. The second kappa shape index (κ2) is 8.85. The Morgan fingerprint density at radius 1 is 1.00 bits per heavy atom. The zero-order valence-electron chi connectivity index (χ0n) is 16.7. The van der Waals surface area contributed by atoms with E-state index in [1.165, 1.54) is 23.3 Å². The summed E-state index contributed by atoms with van der Waals surface area (Å²) < 4.78 is 79.7. The number of benzene rings is 2. The Kier molecular flexibility index (Phi) is 6.08. The largest absolute Gasteiger partial charge is 0.416 e. The molecule has 14 heteroatoms. The van der Waals surface area contributed by atoms with Gasteiger partial charge in [0.25, 0.3) is 5.91 Å². The van der Waals surface area contributed by atoms with Gasteiger partial charge < -0.3 is 0 Å². The van der Waals surface area contributed by atoms with Crippen molar-refractivity contribution in [2.45, 2.75) is 18.8 Å². The number of halogens is 6. The summed E-state index contributed by atoms with van der Waals surface area (Å²) in [5, 5.41) is 13.4. The highest BCUT2D eigenvalue weighted by Gasteiger charge is 2.36. The van der Waals surface area contributed by atoms with Gasteiger partial charge in [-0.05, 0) is 52.4 Å². The molecule has 0 fully saturated rings. The van der Waals surface area contributed by atoms with Gasteiger partial charge in [-0.25, -0.2) is 9.67 Å². The van der Waals surface area contributed by atoms with Gasteiger partial charge in [0, 0.05) is 23.1 Å². The van der Waals surface area contributed by atoms with Gasteiger partial charge in [0.15, 0.2) is 5.13 Å². The number of amides is 1. The van der Waals surface area contributed by atoms with Crippen molar-refractivity contribution in [3.63, 3.8) is 0 Å². The predicted molar refractivity (Wildman–Crippen MR) is 108 cm³/mol. The number of thiazole rings is 1. The smallest absolute Gasteiger partial charge is 0.298 e. The first-order chi connectivity index (χ1) is 16.0.